The molecule has 9 rings (SSSR count). The zero-order chi connectivity index (χ0) is 69.2. The van der Waals surface area contributed by atoms with Crippen LogP contribution in [-0.2, 0) is 46.6 Å². The SMILES string of the molecule is CC(C)(C)c1nc(-c2cccc(Br)c2)nc(C(C)(C)C)n1.CC(C)(C)c1nc(Cl)nc(C(C)(C)C)n1.C[C-](C)C.Clc1nc(Cl)nc(Cl)n1.Cn1ccnc1.Cn1ccnc1-c1cccc(-c2nc(C(C)(C)C)nc(C(C)(C)C)n2)c1.OB(O)c1cccc(Br)c1.[Cl-].[Mg+2].[PH2-]. The summed E-state index contributed by atoms with van der Waals surface area (Å²) >= 11 is 28.6. The van der Waals surface area contributed by atoms with Crippen molar-refractivity contribution in [2.24, 2.45) is 14.1 Å². The van der Waals surface area contributed by atoms with Crippen molar-refractivity contribution in [2.45, 2.75) is 178 Å². The zero-order valence-electron chi connectivity index (χ0n) is 58.4. The van der Waals surface area contributed by atoms with Gasteiger partial charge in [0.1, 0.15) is 40.8 Å². The zero-order valence-corrected chi connectivity index (χ0v) is 67.9. The van der Waals surface area contributed by atoms with E-state index in [1.807, 2.05) is 78.1 Å². The molecule has 9 aromatic rings. The molecule has 6 heterocycles. The first kappa shape index (κ1) is 89.7. The predicted octanol–water partition coefficient (Wildman–Crippen LogP) is 13.5. The third-order valence-corrected chi connectivity index (χ3v) is 13.2. The second-order valence-corrected chi connectivity index (χ2v) is 30.8. The number of rotatable bonds is 4. The molecule has 0 unspecified atom stereocenters. The van der Waals surface area contributed by atoms with E-state index in [9.17, 15) is 0 Å². The molecular formula is C66H90BBr2Cl5MgN16O2P-. The van der Waals surface area contributed by atoms with Crippen LogP contribution in [0.3, 0.4) is 0 Å². The fourth-order valence-corrected chi connectivity index (χ4v) is 8.32. The molecule has 0 aliphatic rings. The molecule has 3 aromatic carbocycles. The quantitative estimate of drug-likeness (QED) is 0.0948. The van der Waals surface area contributed by atoms with Gasteiger partial charge in [-0.25, -0.2) is 54.8 Å². The van der Waals surface area contributed by atoms with E-state index in [4.69, 9.17) is 71.4 Å². The second kappa shape index (κ2) is 39.3. The Hall–Kier alpha value is -4.29. The summed E-state index contributed by atoms with van der Waals surface area (Å²) in [5.74, 6) is 8.57. The van der Waals surface area contributed by atoms with Gasteiger partial charge in [-0.05, 0) is 82.2 Å². The molecule has 18 nitrogen and oxygen atoms in total. The van der Waals surface area contributed by atoms with Gasteiger partial charge in [0.05, 0.1) is 6.33 Å². The monoisotopic (exact) mass is 1540 g/mol. The summed E-state index contributed by atoms with van der Waals surface area (Å²) < 4.78 is 5.77. The molecule has 6 aromatic heterocycles. The number of aryl methyl sites for hydroxylation is 2. The maximum atomic E-state index is 8.68. The van der Waals surface area contributed by atoms with Crippen LogP contribution >= 0.6 is 88.2 Å². The average Bonchev–Trinajstić information content (AvgIpc) is 0.856. The summed E-state index contributed by atoms with van der Waals surface area (Å²) in [5.41, 5.74) is 2.81. The predicted molar refractivity (Wildman–Crippen MR) is 395 cm³/mol. The van der Waals surface area contributed by atoms with Gasteiger partial charge >= 0.3 is 30.2 Å². The van der Waals surface area contributed by atoms with Crippen molar-refractivity contribution in [1.29, 1.82) is 0 Å². The number of benzene rings is 3. The number of nitrogens with zero attached hydrogens (tertiary/aromatic N) is 16. The van der Waals surface area contributed by atoms with Crippen LogP contribution in [0.1, 0.15) is 180 Å². The van der Waals surface area contributed by atoms with Gasteiger partial charge in [-0.2, -0.15) is 35.7 Å². The van der Waals surface area contributed by atoms with Crippen LogP contribution in [0.5, 0.6) is 0 Å². The summed E-state index contributed by atoms with van der Waals surface area (Å²) in [7, 11) is 2.55. The van der Waals surface area contributed by atoms with E-state index in [0.29, 0.717) is 11.3 Å². The number of imidazole rings is 2. The summed E-state index contributed by atoms with van der Waals surface area (Å²) in [6.45, 7) is 44.1. The van der Waals surface area contributed by atoms with E-state index in [1.54, 1.807) is 36.9 Å². The maximum Gasteiger partial charge on any atom is 2.00 e. The molecule has 0 radical (unpaired) electrons. The summed E-state index contributed by atoms with van der Waals surface area (Å²) in [6.07, 6.45) is 9.14. The van der Waals surface area contributed by atoms with Gasteiger partial charge in [0.15, 0.2) is 11.6 Å². The van der Waals surface area contributed by atoms with Gasteiger partial charge in [-0.3, -0.25) is 0 Å². The Morgan fingerprint density at radius 3 is 1.03 bits per heavy atom. The molecule has 0 saturated carbocycles. The van der Waals surface area contributed by atoms with Gasteiger partial charge < -0.3 is 47.4 Å². The normalized spacial score (nSPS) is 11.2. The maximum absolute atomic E-state index is 8.68. The Bertz CT molecular complexity index is 3590. The number of hydrogen-bond donors (Lipinski definition) is 2. The molecule has 0 saturated heterocycles. The smallest absolute Gasteiger partial charge is 1.00 e. The molecule has 0 bridgehead atoms. The first-order valence-corrected chi connectivity index (χ1v) is 32.2. The topological polar surface area (TPSA) is 231 Å². The van der Waals surface area contributed by atoms with E-state index in [0.717, 1.165) is 72.2 Å². The van der Waals surface area contributed by atoms with E-state index in [-0.39, 0.29) is 99.0 Å². The molecule has 0 atom stereocenters. The third-order valence-electron chi connectivity index (χ3n) is 11.5. The van der Waals surface area contributed by atoms with Gasteiger partial charge in [0, 0.05) is 97.0 Å². The molecule has 0 aliphatic carbocycles. The number of hydrogen-bond acceptors (Lipinski definition) is 16. The number of halogens is 7. The molecule has 0 spiro atoms. The van der Waals surface area contributed by atoms with Crippen molar-refractivity contribution in [3.63, 3.8) is 0 Å². The summed E-state index contributed by atoms with van der Waals surface area (Å²) in [5, 5.41) is 17.6. The summed E-state index contributed by atoms with van der Waals surface area (Å²) in [4.78, 5) is 59.8. The van der Waals surface area contributed by atoms with Crippen molar-refractivity contribution < 1.29 is 22.5 Å². The van der Waals surface area contributed by atoms with Crippen molar-refractivity contribution >= 4 is 124 Å². The van der Waals surface area contributed by atoms with Gasteiger partial charge in [0.25, 0.3) is 0 Å². The van der Waals surface area contributed by atoms with Crippen LogP contribution in [0.4, 0.5) is 0 Å². The van der Waals surface area contributed by atoms with Crippen LogP contribution in [0.2, 0.25) is 21.1 Å². The van der Waals surface area contributed by atoms with Crippen molar-refractivity contribution in [1.82, 2.24) is 78.9 Å². The average molecular weight is 1540 g/mol. The molecule has 94 heavy (non-hydrogen) atoms. The molecule has 0 aliphatic heterocycles. The van der Waals surface area contributed by atoms with Gasteiger partial charge in [-0.15, -0.1) is 0 Å². The standard InChI is InChI=1S/C21H27N5.C17H22BrN3.C11H18ClN3.C6H6BBrO2.C4H6N2.C4H9.C3Cl3N3.ClH.Mg.H2P/c1-20(2,3)18-23-16(24-19(25-18)21(4,5)6)14-9-8-10-15(13-14)17-22-11-12-26(17)7;1-16(2,3)14-19-13(11-8-7-9-12(18)10-11)20-15(21-14)17(4,5)6;1-10(2,3)7-13-8(11(4,5)6)15-9(12)14-7;8-6-3-1-2-5(4-6)7(9)10;1-6-3-2-5-4-6;1-4(2)3;4-1-7-2(5)9-3(6)8-1;;;/h8-13H,1-7H3;7-10H,1-6H3;1-6H3;1-4,9-10H;2-4H,1H3;1-3H3;;1H;;1H2/q;;;;;-1;;;+2;-1/p-1. The van der Waals surface area contributed by atoms with Gasteiger partial charge in [0.2, 0.25) is 21.1 Å². The number of aromatic nitrogens is 16. The molecule has 506 valence electrons. The Kier molecular flexibility index (Phi) is 37.5. The first-order valence-electron chi connectivity index (χ1n) is 29.1. The van der Waals surface area contributed by atoms with E-state index in [1.165, 1.54) is 5.92 Å². The minimum absolute atomic E-state index is 0. The fraction of sp³-hybridized carbons (Fsp3) is 0.439. The van der Waals surface area contributed by atoms with Crippen molar-refractivity contribution in [3.05, 3.63) is 175 Å². The van der Waals surface area contributed by atoms with Crippen LogP contribution in [0.15, 0.2) is 113 Å². The largest absolute Gasteiger partial charge is 2.00 e. The molecule has 28 heteroatoms. The van der Waals surface area contributed by atoms with Crippen LogP contribution < -0.4 is 17.9 Å². The Labute approximate surface area is 620 Å². The molecular weight excluding hydrogens is 1450 g/mol. The minimum atomic E-state index is -1.38. The van der Waals surface area contributed by atoms with E-state index < -0.39 is 7.12 Å². The van der Waals surface area contributed by atoms with E-state index in [2.05, 4.69) is 244 Å². The fourth-order valence-electron chi connectivity index (χ4n) is 6.74. The molecule has 2 N–H and O–H groups in total. The Morgan fingerprint density at radius 1 is 0.436 bits per heavy atom. The third kappa shape index (κ3) is 32.4. The second-order valence-electron chi connectivity index (χ2n) is 27.6. The first-order chi connectivity index (χ1) is 41.7. The molecule has 0 amide bonds. The Balaban J connectivity index is 0.00000114. The van der Waals surface area contributed by atoms with Crippen LogP contribution in [0, 0.1) is 5.92 Å². The van der Waals surface area contributed by atoms with Crippen LogP contribution in [-0.4, -0.2) is 119 Å². The minimum Gasteiger partial charge on any atom is -1.00 e. The van der Waals surface area contributed by atoms with Crippen LogP contribution in [0.25, 0.3) is 34.2 Å². The Morgan fingerprint density at radius 2 is 0.755 bits per heavy atom. The summed E-state index contributed by atoms with van der Waals surface area (Å²) in [6, 6.07) is 23.2. The molecule has 0 fully saturated rings. The van der Waals surface area contributed by atoms with Crippen molar-refractivity contribution in [3.8, 4) is 34.2 Å². The van der Waals surface area contributed by atoms with Gasteiger partial charge in [-0.1, -0.05) is 199 Å². The van der Waals surface area contributed by atoms with E-state index >= 15 is 0 Å². The van der Waals surface area contributed by atoms with Crippen molar-refractivity contribution in [2.75, 3.05) is 0 Å².